The van der Waals surface area contributed by atoms with Crippen LogP contribution in [-0.2, 0) is 11.8 Å². The molecule has 1 amide bonds. The molecule has 1 fully saturated rings. The molecule has 0 spiro atoms. The van der Waals surface area contributed by atoms with Crippen molar-refractivity contribution in [3.8, 4) is 0 Å². The van der Waals surface area contributed by atoms with Crippen LogP contribution >= 0.6 is 0 Å². The van der Waals surface area contributed by atoms with Crippen LogP contribution in [0.4, 0.5) is 11.4 Å². The summed E-state index contributed by atoms with van der Waals surface area (Å²) in [4.78, 5) is 38.0. The molecular weight excluding hydrogens is 296 g/mol. The lowest BCUT2D eigenvalue weighted by atomic mass is 10.2. The fraction of sp³-hybridized carbons (Fsp3) is 0.312. The van der Waals surface area contributed by atoms with E-state index in [0.29, 0.717) is 13.0 Å². The Hall–Kier alpha value is -2.83. The number of nitrogens with zero attached hydrogens (tertiary/aromatic N) is 3. The van der Waals surface area contributed by atoms with Gasteiger partial charge in [-0.1, -0.05) is 0 Å². The van der Waals surface area contributed by atoms with Gasteiger partial charge in [0.25, 0.3) is 5.56 Å². The number of anilines is 2. The summed E-state index contributed by atoms with van der Waals surface area (Å²) in [5.41, 5.74) is 0.917. The Morgan fingerprint density at radius 3 is 2.43 bits per heavy atom. The van der Waals surface area contributed by atoms with E-state index >= 15 is 0 Å². The maximum Gasteiger partial charge on any atom is 0.331 e. The molecule has 1 aliphatic rings. The first-order valence-electron chi connectivity index (χ1n) is 7.40. The minimum absolute atomic E-state index is 0.136. The molecule has 1 N–H and O–H groups in total. The first kappa shape index (κ1) is 15.1. The van der Waals surface area contributed by atoms with Crippen molar-refractivity contribution in [3.05, 3.63) is 57.4 Å². The summed E-state index contributed by atoms with van der Waals surface area (Å²) < 4.78 is 2.35. The molecule has 1 aromatic carbocycles. The maximum atomic E-state index is 12.7. The molecule has 7 heteroatoms. The van der Waals surface area contributed by atoms with Crippen LogP contribution in [0.5, 0.6) is 0 Å². The van der Waals surface area contributed by atoms with Gasteiger partial charge in [-0.25, -0.2) is 4.79 Å². The summed E-state index contributed by atoms with van der Waals surface area (Å²) in [6, 6.07) is 8.27. The van der Waals surface area contributed by atoms with Crippen molar-refractivity contribution >= 4 is 17.3 Å². The molecule has 1 aliphatic heterocycles. The molecule has 1 aromatic heterocycles. The van der Waals surface area contributed by atoms with Crippen molar-refractivity contribution in [1.29, 1.82) is 0 Å². The van der Waals surface area contributed by atoms with Crippen molar-refractivity contribution < 1.29 is 4.79 Å². The molecule has 2 heterocycles. The molecule has 0 aliphatic carbocycles. The van der Waals surface area contributed by atoms with Crippen LogP contribution in [-0.4, -0.2) is 28.6 Å². The van der Waals surface area contributed by atoms with Gasteiger partial charge in [0, 0.05) is 44.3 Å². The number of benzene rings is 1. The van der Waals surface area contributed by atoms with Gasteiger partial charge < -0.3 is 10.2 Å². The fourth-order valence-corrected chi connectivity index (χ4v) is 2.81. The van der Waals surface area contributed by atoms with E-state index in [1.807, 2.05) is 31.3 Å². The van der Waals surface area contributed by atoms with Gasteiger partial charge in [0.05, 0.1) is 0 Å². The van der Waals surface area contributed by atoms with Crippen molar-refractivity contribution in [3.63, 3.8) is 0 Å². The average molecular weight is 314 g/mol. The summed E-state index contributed by atoms with van der Waals surface area (Å²) in [7, 11) is 3.24. The van der Waals surface area contributed by atoms with E-state index in [2.05, 4.69) is 5.32 Å². The van der Waals surface area contributed by atoms with Crippen LogP contribution in [0.15, 0.2) is 46.1 Å². The maximum absolute atomic E-state index is 12.7. The number of nitrogens with one attached hydrogen (secondary N) is 1. The van der Waals surface area contributed by atoms with Crippen LogP contribution in [0.25, 0.3) is 0 Å². The Morgan fingerprint density at radius 1 is 1.09 bits per heavy atom. The molecule has 23 heavy (non-hydrogen) atoms. The molecule has 1 saturated heterocycles. The van der Waals surface area contributed by atoms with Crippen molar-refractivity contribution in [2.75, 3.05) is 23.8 Å². The molecule has 2 aromatic rings. The van der Waals surface area contributed by atoms with Gasteiger partial charge >= 0.3 is 5.69 Å². The lowest BCUT2D eigenvalue weighted by Gasteiger charge is -2.18. The Bertz CT molecular complexity index is 851. The third kappa shape index (κ3) is 2.54. The molecule has 1 unspecified atom stereocenters. The molecule has 0 saturated carbocycles. The van der Waals surface area contributed by atoms with Crippen LogP contribution in [0.1, 0.15) is 12.5 Å². The summed E-state index contributed by atoms with van der Waals surface area (Å²) in [6.45, 7) is 0.539. The predicted molar refractivity (Wildman–Crippen MR) is 87.9 cm³/mol. The number of hydrogen-bond acceptors (Lipinski definition) is 4. The van der Waals surface area contributed by atoms with E-state index in [4.69, 9.17) is 0 Å². The molecule has 7 nitrogen and oxygen atoms in total. The molecular formula is C16H18N4O3. The topological polar surface area (TPSA) is 76.3 Å². The van der Waals surface area contributed by atoms with Gasteiger partial charge in [0.1, 0.15) is 6.04 Å². The van der Waals surface area contributed by atoms with Crippen LogP contribution in [0, 0.1) is 0 Å². The van der Waals surface area contributed by atoms with E-state index in [-0.39, 0.29) is 11.5 Å². The second kappa shape index (κ2) is 5.75. The highest BCUT2D eigenvalue weighted by molar-refractivity contribution is 5.98. The molecule has 0 bridgehead atoms. The number of hydrogen-bond donors (Lipinski definition) is 1. The standard InChI is InChI=1S/C16H18N4O3/c1-17-11-3-5-12(6-4-11)19-9-7-13(15(19)22)20-10-8-14(21)18(2)16(20)23/h3-6,8,10,13,17H,7,9H2,1-2H3. The van der Waals surface area contributed by atoms with Gasteiger partial charge in [-0.3, -0.25) is 18.7 Å². The second-order valence-corrected chi connectivity index (χ2v) is 5.49. The van der Waals surface area contributed by atoms with E-state index in [1.54, 1.807) is 4.90 Å². The summed E-state index contributed by atoms with van der Waals surface area (Å²) in [6.07, 6.45) is 1.94. The minimum Gasteiger partial charge on any atom is -0.388 e. The highest BCUT2D eigenvalue weighted by atomic mass is 16.2. The smallest absolute Gasteiger partial charge is 0.331 e. The van der Waals surface area contributed by atoms with Crippen molar-refractivity contribution in [2.24, 2.45) is 7.05 Å². The first-order valence-corrected chi connectivity index (χ1v) is 7.40. The second-order valence-electron chi connectivity index (χ2n) is 5.49. The zero-order chi connectivity index (χ0) is 16.6. The van der Waals surface area contributed by atoms with E-state index in [9.17, 15) is 14.4 Å². The normalized spacial score (nSPS) is 17.6. The third-order valence-electron chi connectivity index (χ3n) is 4.20. The summed E-state index contributed by atoms with van der Waals surface area (Å²) in [5.74, 6) is -0.136. The van der Waals surface area contributed by atoms with Gasteiger partial charge in [0.15, 0.2) is 0 Å². The van der Waals surface area contributed by atoms with Crippen LogP contribution in [0.3, 0.4) is 0 Å². The molecule has 0 radical (unpaired) electrons. The fourth-order valence-electron chi connectivity index (χ4n) is 2.81. The lowest BCUT2D eigenvalue weighted by molar-refractivity contribution is -0.119. The zero-order valence-corrected chi connectivity index (χ0v) is 13.0. The third-order valence-corrected chi connectivity index (χ3v) is 4.20. The average Bonchev–Trinajstić information content (AvgIpc) is 2.94. The van der Waals surface area contributed by atoms with Crippen molar-refractivity contribution in [2.45, 2.75) is 12.5 Å². The predicted octanol–water partition coefficient (Wildman–Crippen LogP) is 0.567. The minimum atomic E-state index is -0.571. The number of aromatic nitrogens is 2. The highest BCUT2D eigenvalue weighted by Gasteiger charge is 2.34. The monoisotopic (exact) mass is 314 g/mol. The SMILES string of the molecule is CNc1ccc(N2CCC(n3ccc(=O)n(C)c3=O)C2=O)cc1. The van der Waals surface area contributed by atoms with E-state index in [1.165, 1.54) is 23.9 Å². The number of rotatable bonds is 3. The number of amides is 1. The summed E-state index contributed by atoms with van der Waals surface area (Å²) >= 11 is 0. The summed E-state index contributed by atoms with van der Waals surface area (Å²) in [5, 5.41) is 3.03. The van der Waals surface area contributed by atoms with Crippen LogP contribution < -0.4 is 21.5 Å². The quantitative estimate of drug-likeness (QED) is 0.898. The van der Waals surface area contributed by atoms with Gasteiger partial charge in [-0.15, -0.1) is 0 Å². The number of carbonyl (C=O) groups excluding carboxylic acids is 1. The van der Waals surface area contributed by atoms with E-state index < -0.39 is 11.7 Å². The Morgan fingerprint density at radius 2 is 1.78 bits per heavy atom. The molecule has 120 valence electrons. The number of carbonyl (C=O) groups is 1. The van der Waals surface area contributed by atoms with Crippen LogP contribution in [0.2, 0.25) is 0 Å². The van der Waals surface area contributed by atoms with E-state index in [0.717, 1.165) is 15.9 Å². The van der Waals surface area contributed by atoms with Crippen molar-refractivity contribution in [1.82, 2.24) is 9.13 Å². The van der Waals surface area contributed by atoms with Gasteiger partial charge in [0.2, 0.25) is 5.91 Å². The largest absolute Gasteiger partial charge is 0.388 e. The lowest BCUT2D eigenvalue weighted by Crippen LogP contribution is -2.40. The molecule has 3 rings (SSSR count). The molecule has 1 atom stereocenters. The highest BCUT2D eigenvalue weighted by Crippen LogP contribution is 2.28. The Labute approximate surface area is 132 Å². The Balaban J connectivity index is 1.91. The van der Waals surface area contributed by atoms with Gasteiger partial charge in [-0.2, -0.15) is 0 Å². The zero-order valence-electron chi connectivity index (χ0n) is 13.0. The van der Waals surface area contributed by atoms with Gasteiger partial charge in [-0.05, 0) is 30.7 Å². The first-order chi connectivity index (χ1) is 11.0. The Kier molecular flexibility index (Phi) is 3.77.